The molecule has 1 aliphatic carbocycles. The van der Waals surface area contributed by atoms with Crippen LogP contribution in [0.25, 0.3) is 0 Å². The van der Waals surface area contributed by atoms with Gasteiger partial charge in [0.15, 0.2) is 0 Å². The van der Waals surface area contributed by atoms with Crippen molar-refractivity contribution in [2.24, 2.45) is 5.92 Å². The van der Waals surface area contributed by atoms with Crippen LogP contribution in [-0.2, 0) is 11.0 Å². The van der Waals surface area contributed by atoms with E-state index in [2.05, 4.69) is 5.32 Å². The second kappa shape index (κ2) is 8.66. The van der Waals surface area contributed by atoms with Gasteiger partial charge in [0.2, 0.25) is 5.91 Å². The van der Waals surface area contributed by atoms with Gasteiger partial charge in [-0.2, -0.15) is 18.4 Å². The highest BCUT2D eigenvalue weighted by atomic mass is 19.4. The molecule has 1 atom stereocenters. The van der Waals surface area contributed by atoms with E-state index in [0.717, 1.165) is 37.1 Å². The summed E-state index contributed by atoms with van der Waals surface area (Å²) < 4.78 is 40.3. The van der Waals surface area contributed by atoms with Crippen LogP contribution in [0.4, 0.5) is 18.9 Å². The van der Waals surface area contributed by atoms with E-state index in [-0.39, 0.29) is 18.1 Å². The lowest BCUT2D eigenvalue weighted by Crippen LogP contribution is -2.40. The molecule has 1 saturated carbocycles. The molecule has 0 aromatic heterocycles. The van der Waals surface area contributed by atoms with E-state index in [9.17, 15) is 18.0 Å². The van der Waals surface area contributed by atoms with Gasteiger partial charge in [-0.05, 0) is 56.0 Å². The number of nitriles is 1. The van der Waals surface area contributed by atoms with Crippen LogP contribution in [0.15, 0.2) is 48.5 Å². The molecular formula is C22H22F3N3O. The van der Waals surface area contributed by atoms with Crippen LogP contribution < -0.4 is 10.2 Å². The molecule has 1 aliphatic rings. The molecule has 1 fully saturated rings. The average Bonchev–Trinajstić information content (AvgIpc) is 3.52. The summed E-state index contributed by atoms with van der Waals surface area (Å²) in [6.45, 7) is 2.54. The van der Waals surface area contributed by atoms with Crippen molar-refractivity contribution in [3.05, 3.63) is 65.2 Å². The SMILES string of the molecule is C[C@H](c1ccccc1)N(C(=O)CNCC1CC1)c1ccc(C#N)c(C(F)(F)F)c1. The molecule has 2 aromatic rings. The molecule has 0 heterocycles. The summed E-state index contributed by atoms with van der Waals surface area (Å²) in [4.78, 5) is 14.4. The molecule has 7 heteroatoms. The third kappa shape index (κ3) is 5.15. The number of anilines is 1. The van der Waals surface area contributed by atoms with Crippen molar-refractivity contribution in [1.29, 1.82) is 5.26 Å². The molecular weight excluding hydrogens is 379 g/mol. The third-order valence-electron chi connectivity index (χ3n) is 5.05. The smallest absolute Gasteiger partial charge is 0.308 e. The van der Waals surface area contributed by atoms with Gasteiger partial charge < -0.3 is 10.2 Å². The van der Waals surface area contributed by atoms with Gasteiger partial charge in [0.1, 0.15) is 0 Å². The van der Waals surface area contributed by atoms with E-state index in [0.29, 0.717) is 5.92 Å². The lowest BCUT2D eigenvalue weighted by atomic mass is 10.0. The molecule has 2 aromatic carbocycles. The van der Waals surface area contributed by atoms with Crippen LogP contribution >= 0.6 is 0 Å². The third-order valence-corrected chi connectivity index (χ3v) is 5.05. The Morgan fingerprint density at radius 2 is 1.93 bits per heavy atom. The van der Waals surface area contributed by atoms with Crippen molar-refractivity contribution in [3.63, 3.8) is 0 Å². The highest BCUT2D eigenvalue weighted by Crippen LogP contribution is 2.36. The van der Waals surface area contributed by atoms with Gasteiger partial charge in [-0.3, -0.25) is 4.79 Å². The van der Waals surface area contributed by atoms with E-state index in [1.807, 2.05) is 30.3 Å². The minimum Gasteiger partial charge on any atom is -0.308 e. The Morgan fingerprint density at radius 1 is 1.24 bits per heavy atom. The van der Waals surface area contributed by atoms with Crippen LogP contribution in [0.1, 0.15) is 42.5 Å². The first-order valence-electron chi connectivity index (χ1n) is 9.50. The summed E-state index contributed by atoms with van der Waals surface area (Å²) in [5, 5.41) is 12.1. The van der Waals surface area contributed by atoms with Gasteiger partial charge in [-0.25, -0.2) is 0 Å². The summed E-state index contributed by atoms with van der Waals surface area (Å²) >= 11 is 0. The summed E-state index contributed by atoms with van der Waals surface area (Å²) in [7, 11) is 0. The fraction of sp³-hybridized carbons (Fsp3) is 0.364. The Labute approximate surface area is 167 Å². The Morgan fingerprint density at radius 3 is 2.52 bits per heavy atom. The zero-order valence-corrected chi connectivity index (χ0v) is 16.0. The summed E-state index contributed by atoms with van der Waals surface area (Å²) in [6.07, 6.45) is -2.41. The number of alkyl halides is 3. The number of nitrogens with zero attached hydrogens (tertiary/aromatic N) is 2. The highest BCUT2D eigenvalue weighted by Gasteiger charge is 2.35. The molecule has 1 N–H and O–H groups in total. The molecule has 4 nitrogen and oxygen atoms in total. The topological polar surface area (TPSA) is 56.1 Å². The fourth-order valence-corrected chi connectivity index (χ4v) is 3.27. The maximum Gasteiger partial charge on any atom is 0.417 e. The van der Waals surface area contributed by atoms with Gasteiger partial charge in [0.25, 0.3) is 0 Å². The van der Waals surface area contributed by atoms with Crippen molar-refractivity contribution < 1.29 is 18.0 Å². The summed E-state index contributed by atoms with van der Waals surface area (Å²) in [5.74, 6) is 0.259. The second-order valence-corrected chi connectivity index (χ2v) is 7.26. The second-order valence-electron chi connectivity index (χ2n) is 7.26. The number of nitrogens with one attached hydrogen (secondary N) is 1. The minimum atomic E-state index is -4.68. The standard InChI is InChI=1S/C22H22F3N3O/c1-15(17-5-3-2-4-6-17)28(21(29)14-27-13-16-7-8-16)19-10-9-18(12-26)20(11-19)22(23,24)25/h2-6,9-11,15-16,27H,7-8,13-14H2,1H3/t15-/m1/s1. The molecule has 0 unspecified atom stereocenters. The highest BCUT2D eigenvalue weighted by molar-refractivity contribution is 5.95. The molecule has 0 aliphatic heterocycles. The first kappa shape index (κ1) is 20.9. The number of carbonyl (C=O) groups is 1. The molecule has 152 valence electrons. The van der Waals surface area contributed by atoms with Crippen molar-refractivity contribution >= 4 is 11.6 Å². The first-order valence-corrected chi connectivity index (χ1v) is 9.50. The van der Waals surface area contributed by atoms with Gasteiger partial charge >= 0.3 is 6.18 Å². The lowest BCUT2D eigenvalue weighted by molar-refractivity contribution is -0.137. The van der Waals surface area contributed by atoms with E-state index in [1.165, 1.54) is 11.0 Å². The minimum absolute atomic E-state index is 0.0367. The average molecular weight is 401 g/mol. The van der Waals surface area contributed by atoms with Crippen molar-refractivity contribution in [2.75, 3.05) is 18.0 Å². The molecule has 0 saturated heterocycles. The number of hydrogen-bond donors (Lipinski definition) is 1. The number of amides is 1. The number of rotatable bonds is 7. The van der Waals surface area contributed by atoms with Crippen molar-refractivity contribution in [3.8, 4) is 6.07 Å². The van der Waals surface area contributed by atoms with E-state index < -0.39 is 23.3 Å². The summed E-state index contributed by atoms with van der Waals surface area (Å²) in [5.41, 5.74) is -0.582. The summed E-state index contributed by atoms with van der Waals surface area (Å²) in [6, 6.07) is 13.6. The van der Waals surface area contributed by atoms with Gasteiger partial charge in [0, 0.05) is 5.69 Å². The zero-order valence-electron chi connectivity index (χ0n) is 16.0. The Balaban J connectivity index is 1.95. The van der Waals surface area contributed by atoms with E-state index >= 15 is 0 Å². The molecule has 3 rings (SSSR count). The molecule has 29 heavy (non-hydrogen) atoms. The first-order chi connectivity index (χ1) is 13.8. The van der Waals surface area contributed by atoms with Crippen LogP contribution in [0, 0.1) is 17.2 Å². The van der Waals surface area contributed by atoms with Crippen LogP contribution in [0.2, 0.25) is 0 Å². The van der Waals surface area contributed by atoms with Gasteiger partial charge in [-0.15, -0.1) is 0 Å². The molecule has 1 amide bonds. The Kier molecular flexibility index (Phi) is 6.23. The predicted molar refractivity (Wildman–Crippen MR) is 104 cm³/mol. The maximum absolute atomic E-state index is 13.4. The monoisotopic (exact) mass is 401 g/mol. The van der Waals surface area contributed by atoms with E-state index in [4.69, 9.17) is 5.26 Å². The van der Waals surface area contributed by atoms with Crippen LogP contribution in [0.5, 0.6) is 0 Å². The van der Waals surface area contributed by atoms with Gasteiger partial charge in [0.05, 0.1) is 29.8 Å². The molecule has 0 spiro atoms. The number of halogens is 3. The van der Waals surface area contributed by atoms with Crippen LogP contribution in [-0.4, -0.2) is 19.0 Å². The normalized spacial score (nSPS) is 14.9. The van der Waals surface area contributed by atoms with Crippen molar-refractivity contribution in [2.45, 2.75) is 32.0 Å². The largest absolute Gasteiger partial charge is 0.417 e. The van der Waals surface area contributed by atoms with Crippen molar-refractivity contribution in [1.82, 2.24) is 5.32 Å². The fourth-order valence-electron chi connectivity index (χ4n) is 3.27. The van der Waals surface area contributed by atoms with E-state index in [1.54, 1.807) is 13.0 Å². The number of carbonyl (C=O) groups excluding carboxylic acids is 1. The molecule has 0 radical (unpaired) electrons. The predicted octanol–water partition coefficient (Wildman–Crippen LogP) is 4.67. The quantitative estimate of drug-likeness (QED) is 0.734. The lowest BCUT2D eigenvalue weighted by Gasteiger charge is -2.30. The Hall–Kier alpha value is -2.85. The Bertz CT molecular complexity index is 902. The van der Waals surface area contributed by atoms with Crippen LogP contribution in [0.3, 0.4) is 0 Å². The maximum atomic E-state index is 13.4. The molecule has 0 bridgehead atoms. The number of hydrogen-bond acceptors (Lipinski definition) is 3. The van der Waals surface area contributed by atoms with Gasteiger partial charge in [-0.1, -0.05) is 30.3 Å². The zero-order chi connectivity index (χ0) is 21.0. The number of benzene rings is 2.